The van der Waals surface area contributed by atoms with Gasteiger partial charge in [-0.15, -0.1) is 0 Å². The molecule has 1 aliphatic heterocycles. The van der Waals surface area contributed by atoms with Gasteiger partial charge in [0.15, 0.2) is 6.10 Å². The molecule has 2 bridgehead atoms. The van der Waals surface area contributed by atoms with Gasteiger partial charge in [0.25, 0.3) is 5.91 Å². The number of aliphatic imine (C=N–C) groups is 1. The van der Waals surface area contributed by atoms with Crippen LogP contribution in [0, 0.1) is 11.8 Å². The number of aromatic hydroxyl groups is 2. The number of ether oxygens (including phenoxy) is 3. The van der Waals surface area contributed by atoms with Crippen molar-refractivity contribution in [3.63, 3.8) is 0 Å². The maximum absolute atomic E-state index is 13.2. The van der Waals surface area contributed by atoms with Crippen molar-refractivity contribution in [2.75, 3.05) is 38.5 Å². The molecule has 0 radical (unpaired) electrons. The fraction of sp³-hybridized carbons (Fsp3) is 0.447. The Balaban J connectivity index is 2.08. The number of anilines is 2. The van der Waals surface area contributed by atoms with Crippen molar-refractivity contribution >= 4 is 35.3 Å². The normalized spacial score (nSPS) is 24.0. The molecule has 0 saturated carbocycles. The molecule has 1 heterocycles. The van der Waals surface area contributed by atoms with E-state index in [0.29, 0.717) is 24.0 Å². The third kappa shape index (κ3) is 10.7. The third-order valence-corrected chi connectivity index (χ3v) is 8.80. The summed E-state index contributed by atoms with van der Waals surface area (Å²) in [6.07, 6.45) is 5.03. The van der Waals surface area contributed by atoms with Crippen LogP contribution in [0.5, 0.6) is 11.5 Å². The summed E-state index contributed by atoms with van der Waals surface area (Å²) < 4.78 is 16.8. The molecule has 2 aromatic carbocycles. The molecule has 0 aromatic heterocycles. The van der Waals surface area contributed by atoms with E-state index >= 15 is 0 Å². The minimum absolute atomic E-state index is 0.0176. The highest BCUT2D eigenvalue weighted by Gasteiger charge is 2.30. The fourth-order valence-electron chi connectivity index (χ4n) is 5.91. The monoisotopic (exact) mass is 692 g/mol. The first-order valence-electron chi connectivity index (χ1n) is 16.6. The molecule has 2 amide bonds. The average molecular weight is 693 g/mol. The molecule has 0 saturated heterocycles. The van der Waals surface area contributed by atoms with Gasteiger partial charge in [0.05, 0.1) is 17.9 Å². The minimum Gasteiger partial charge on any atom is -0.506 e. The van der Waals surface area contributed by atoms with E-state index < -0.39 is 42.3 Å². The number of carbonyl (C=O) groups is 2. The van der Waals surface area contributed by atoms with Crippen LogP contribution in [0.1, 0.15) is 45.2 Å². The van der Waals surface area contributed by atoms with Crippen molar-refractivity contribution in [2.45, 2.75) is 71.4 Å². The Kier molecular flexibility index (Phi) is 14.6. The van der Waals surface area contributed by atoms with Gasteiger partial charge < -0.3 is 45.5 Å². The molecule has 6 atom stereocenters. The summed E-state index contributed by atoms with van der Waals surface area (Å²) in [5.41, 5.74) is 8.89. The van der Waals surface area contributed by atoms with Gasteiger partial charge in [-0.25, -0.2) is 4.79 Å². The predicted octanol–water partition coefficient (Wildman–Crippen LogP) is 5.57. The van der Waals surface area contributed by atoms with Crippen molar-refractivity contribution in [3.8, 4) is 11.5 Å². The molecule has 1 aliphatic rings. The quantitative estimate of drug-likeness (QED) is 0.108. The predicted molar refractivity (Wildman–Crippen MR) is 196 cm³/mol. The summed E-state index contributed by atoms with van der Waals surface area (Å²) in [4.78, 5) is 31.7. The largest absolute Gasteiger partial charge is 0.506 e. The molecule has 3 rings (SSSR count). The minimum atomic E-state index is -0.994. The number of aliphatic hydroxyl groups excluding tert-OH is 1. The second kappa shape index (κ2) is 18.4. The maximum atomic E-state index is 13.2. The Hall–Kier alpha value is -4.65. The summed E-state index contributed by atoms with van der Waals surface area (Å²) >= 11 is 0. The SMILES string of the molecule is CO[C@H]1C=CC=C(C)C(=O)Nc2cc(O)c(N=CCc3ccc(N(C)C)cc3)c(c2O)C[C@@H](C)C[C@H](OC)[C@H](O)[C@@H](C)C=C(C)[C@@H]1OC(N)=O. The first kappa shape index (κ1) is 39.8. The zero-order valence-corrected chi connectivity index (χ0v) is 30.2. The van der Waals surface area contributed by atoms with E-state index in [0.717, 1.165) is 11.3 Å². The van der Waals surface area contributed by atoms with E-state index in [1.165, 1.54) is 26.4 Å². The van der Waals surface area contributed by atoms with Crippen molar-refractivity contribution in [2.24, 2.45) is 22.6 Å². The number of aliphatic hydroxyl groups is 1. The van der Waals surface area contributed by atoms with E-state index in [1.54, 1.807) is 38.3 Å². The van der Waals surface area contributed by atoms with Gasteiger partial charge in [-0.3, -0.25) is 9.79 Å². The van der Waals surface area contributed by atoms with Crippen LogP contribution in [0.2, 0.25) is 0 Å². The van der Waals surface area contributed by atoms with E-state index in [1.807, 2.05) is 57.1 Å². The van der Waals surface area contributed by atoms with Gasteiger partial charge in [-0.1, -0.05) is 50.3 Å². The molecule has 0 fully saturated rings. The molecular formula is C38H52N4O8. The molecule has 0 spiro atoms. The summed E-state index contributed by atoms with van der Waals surface area (Å²) in [7, 11) is 6.90. The van der Waals surface area contributed by atoms with Crippen LogP contribution in [0.4, 0.5) is 21.9 Å². The van der Waals surface area contributed by atoms with E-state index in [2.05, 4.69) is 10.3 Å². The van der Waals surface area contributed by atoms with E-state index in [-0.39, 0.29) is 40.8 Å². The Morgan fingerprint density at radius 3 is 2.40 bits per heavy atom. The number of nitrogens with one attached hydrogen (secondary N) is 1. The highest BCUT2D eigenvalue weighted by Crippen LogP contribution is 2.44. The first-order valence-corrected chi connectivity index (χ1v) is 16.6. The lowest BCUT2D eigenvalue weighted by molar-refractivity contribution is -0.112. The van der Waals surface area contributed by atoms with Crippen LogP contribution in [0.25, 0.3) is 0 Å². The van der Waals surface area contributed by atoms with Gasteiger partial charge >= 0.3 is 6.09 Å². The number of hydrogen-bond donors (Lipinski definition) is 5. The van der Waals surface area contributed by atoms with Crippen LogP contribution in [-0.2, 0) is 31.8 Å². The van der Waals surface area contributed by atoms with Gasteiger partial charge in [-0.2, -0.15) is 0 Å². The average Bonchev–Trinajstić information content (AvgIpc) is 3.07. The number of allylic oxidation sites excluding steroid dienone is 2. The Morgan fingerprint density at radius 2 is 1.80 bits per heavy atom. The number of methoxy groups -OCH3 is 2. The second-order valence-corrected chi connectivity index (χ2v) is 13.0. The Morgan fingerprint density at radius 1 is 1.12 bits per heavy atom. The van der Waals surface area contributed by atoms with Crippen LogP contribution in [0.3, 0.4) is 0 Å². The van der Waals surface area contributed by atoms with Gasteiger partial charge in [0, 0.05) is 69.8 Å². The number of hydrogen-bond acceptors (Lipinski definition) is 10. The number of nitrogens with two attached hydrogens (primary N) is 1. The maximum Gasteiger partial charge on any atom is 0.405 e. The van der Waals surface area contributed by atoms with Crippen LogP contribution >= 0.6 is 0 Å². The molecule has 0 unspecified atom stereocenters. The van der Waals surface area contributed by atoms with Crippen molar-refractivity contribution < 1.29 is 39.1 Å². The van der Waals surface area contributed by atoms with E-state index in [4.69, 9.17) is 19.9 Å². The third-order valence-electron chi connectivity index (χ3n) is 8.80. The molecule has 272 valence electrons. The number of phenols is 2. The lowest BCUT2D eigenvalue weighted by Gasteiger charge is -2.29. The zero-order chi connectivity index (χ0) is 37.1. The Labute approximate surface area is 294 Å². The van der Waals surface area contributed by atoms with Crippen molar-refractivity contribution in [1.29, 1.82) is 0 Å². The number of carbonyl (C=O) groups excluding carboxylic acids is 2. The van der Waals surface area contributed by atoms with Gasteiger partial charge in [0.2, 0.25) is 0 Å². The molecule has 50 heavy (non-hydrogen) atoms. The highest BCUT2D eigenvalue weighted by molar-refractivity contribution is 6.04. The number of fused-ring (bicyclic) bond motifs is 2. The van der Waals surface area contributed by atoms with Crippen LogP contribution in [-0.4, -0.2) is 86.3 Å². The van der Waals surface area contributed by atoms with Crippen LogP contribution < -0.4 is 16.0 Å². The topological polar surface area (TPSA) is 176 Å². The zero-order valence-electron chi connectivity index (χ0n) is 30.2. The lowest BCUT2D eigenvalue weighted by atomic mass is 9.87. The van der Waals surface area contributed by atoms with Crippen molar-refractivity contribution in [3.05, 3.63) is 76.9 Å². The molecule has 12 heteroatoms. The molecule has 12 nitrogen and oxygen atoms in total. The summed E-state index contributed by atoms with van der Waals surface area (Å²) in [6, 6.07) is 9.29. The van der Waals surface area contributed by atoms with Crippen LogP contribution in [0.15, 0.2) is 70.8 Å². The molecular weight excluding hydrogens is 640 g/mol. The standard InChI is InChI=1S/C38H52N4O8/c1-22-18-28-33(40-17-16-26-12-14-27(15-13-26)42(5)6)30(43)21-29(35(28)45)41-37(46)23(2)10-9-11-31(48-7)36(50-38(39)47)25(4)20-24(3)34(44)32(19-22)49-8/h9-15,17,20-22,24,31-32,34,36,43-45H,16,18-19H2,1-8H3,(H2,39,47)(H,41,46)/t22-,24+,31+,32+,34-,36+/m1/s1. The van der Waals surface area contributed by atoms with Gasteiger partial charge in [0.1, 0.15) is 23.3 Å². The highest BCUT2D eigenvalue weighted by atomic mass is 16.6. The molecule has 6 N–H and O–H groups in total. The van der Waals surface area contributed by atoms with Crippen molar-refractivity contribution in [1.82, 2.24) is 0 Å². The number of amides is 2. The number of rotatable bonds is 7. The molecule has 0 aliphatic carbocycles. The number of phenolic OH excluding ortho intramolecular Hbond substituents is 2. The second-order valence-electron chi connectivity index (χ2n) is 13.0. The fourth-order valence-corrected chi connectivity index (χ4v) is 5.91. The molecule has 2 aromatic rings. The summed E-state index contributed by atoms with van der Waals surface area (Å²) in [5, 5.41) is 36.8. The lowest BCUT2D eigenvalue weighted by Crippen LogP contribution is -2.37. The smallest absolute Gasteiger partial charge is 0.405 e. The Bertz CT molecular complexity index is 1600. The summed E-state index contributed by atoms with van der Waals surface area (Å²) in [6.45, 7) is 7.10. The van der Waals surface area contributed by atoms with Gasteiger partial charge in [-0.05, 0) is 55.9 Å². The number of nitrogens with zero attached hydrogens (tertiary/aromatic N) is 2. The number of benzene rings is 2. The number of primary amides is 1. The van der Waals surface area contributed by atoms with E-state index in [9.17, 15) is 24.9 Å². The summed E-state index contributed by atoms with van der Waals surface area (Å²) in [5.74, 6) is -1.59. The first-order chi connectivity index (χ1) is 23.7.